The van der Waals surface area contributed by atoms with Gasteiger partial charge in [-0.1, -0.05) is 19.9 Å². The molecule has 1 saturated carbocycles. The van der Waals surface area contributed by atoms with Crippen LogP contribution in [0.5, 0.6) is 0 Å². The number of carbonyl (C=O) groups excluding carboxylic acids is 1. The maximum Gasteiger partial charge on any atom is 0.310 e. The topological polar surface area (TPSA) is 92.4 Å². The molecule has 1 heterocycles. The zero-order valence-corrected chi connectivity index (χ0v) is 13.9. The lowest BCUT2D eigenvalue weighted by Gasteiger charge is -2.17. The third kappa shape index (κ3) is 2.48. The Morgan fingerprint density at radius 2 is 2.17 bits per heavy atom. The number of anilines is 1. The molecule has 0 bridgehead atoms. The van der Waals surface area contributed by atoms with Crippen molar-refractivity contribution < 1.29 is 19.1 Å². The predicted octanol–water partition coefficient (Wildman–Crippen LogP) is 3.34. The minimum atomic E-state index is -0.946. The number of rotatable bonds is 5. The molecular weight excluding hydrogens is 308 g/mol. The van der Waals surface area contributed by atoms with Crippen LogP contribution in [0.3, 0.4) is 0 Å². The zero-order valence-electron chi connectivity index (χ0n) is 13.9. The van der Waals surface area contributed by atoms with Gasteiger partial charge in [-0.15, -0.1) is 0 Å². The lowest BCUT2D eigenvalue weighted by atomic mass is 9.89. The molecule has 0 spiro atoms. The largest absolute Gasteiger partial charge is 0.481 e. The molecule has 2 N–H and O–H groups in total. The molecular formula is C18H20N2O4. The number of nitrogens with one attached hydrogen (secondary N) is 1. The van der Waals surface area contributed by atoms with E-state index in [2.05, 4.69) is 10.3 Å². The van der Waals surface area contributed by atoms with Crippen molar-refractivity contribution >= 4 is 17.6 Å². The van der Waals surface area contributed by atoms with Gasteiger partial charge in [0.25, 0.3) is 0 Å². The van der Waals surface area contributed by atoms with E-state index < -0.39 is 17.3 Å². The molecule has 2 atom stereocenters. The Morgan fingerprint density at radius 1 is 1.42 bits per heavy atom. The summed E-state index contributed by atoms with van der Waals surface area (Å²) in [6, 6.07) is 5.46. The van der Waals surface area contributed by atoms with Gasteiger partial charge in [-0.25, -0.2) is 4.98 Å². The Morgan fingerprint density at radius 3 is 2.71 bits per heavy atom. The second-order valence-corrected chi connectivity index (χ2v) is 6.56. The van der Waals surface area contributed by atoms with Gasteiger partial charge in [-0.2, -0.15) is 0 Å². The van der Waals surface area contributed by atoms with Crippen LogP contribution in [0.25, 0.3) is 11.5 Å². The third-order valence-electron chi connectivity index (χ3n) is 5.00. The van der Waals surface area contributed by atoms with Crippen LogP contribution in [0.15, 0.2) is 35.1 Å². The molecule has 0 aliphatic heterocycles. The van der Waals surface area contributed by atoms with E-state index in [0.717, 1.165) is 11.1 Å². The van der Waals surface area contributed by atoms with Crippen LogP contribution in [-0.2, 0) is 9.59 Å². The first-order valence-electron chi connectivity index (χ1n) is 7.91. The summed E-state index contributed by atoms with van der Waals surface area (Å²) in [7, 11) is 0. The molecule has 2 aromatic rings. The fourth-order valence-electron chi connectivity index (χ4n) is 3.31. The second kappa shape index (κ2) is 5.78. The molecule has 6 heteroatoms. The molecule has 1 amide bonds. The molecule has 1 aromatic carbocycles. The Bertz CT molecular complexity index is 782. The van der Waals surface area contributed by atoms with Gasteiger partial charge in [-0.05, 0) is 37.0 Å². The van der Waals surface area contributed by atoms with Crippen molar-refractivity contribution in [1.29, 1.82) is 0 Å². The molecule has 126 valence electrons. The molecule has 3 rings (SSSR count). The predicted molar refractivity (Wildman–Crippen MR) is 88.3 cm³/mol. The lowest BCUT2D eigenvalue weighted by molar-refractivity contribution is -0.147. The van der Waals surface area contributed by atoms with Crippen molar-refractivity contribution in [2.24, 2.45) is 17.3 Å². The highest BCUT2D eigenvalue weighted by atomic mass is 16.4. The van der Waals surface area contributed by atoms with E-state index in [-0.39, 0.29) is 11.8 Å². The Labute approximate surface area is 139 Å². The van der Waals surface area contributed by atoms with Crippen molar-refractivity contribution in [1.82, 2.24) is 4.98 Å². The first kappa shape index (κ1) is 16.2. The van der Waals surface area contributed by atoms with Gasteiger partial charge < -0.3 is 14.8 Å². The number of hydrogen-bond acceptors (Lipinski definition) is 4. The number of oxazole rings is 1. The number of carbonyl (C=O) groups is 2. The van der Waals surface area contributed by atoms with Crippen LogP contribution in [0.2, 0.25) is 0 Å². The number of aliphatic carboxylic acids is 1. The van der Waals surface area contributed by atoms with E-state index in [1.807, 2.05) is 32.9 Å². The second-order valence-electron chi connectivity index (χ2n) is 6.56. The average Bonchev–Trinajstić information content (AvgIpc) is 3.10. The van der Waals surface area contributed by atoms with E-state index >= 15 is 0 Å². The lowest BCUT2D eigenvalue weighted by Crippen LogP contribution is -2.28. The number of aromatic nitrogens is 1. The van der Waals surface area contributed by atoms with Crippen molar-refractivity contribution in [2.45, 2.75) is 27.2 Å². The van der Waals surface area contributed by atoms with Gasteiger partial charge in [0.15, 0.2) is 0 Å². The molecule has 2 unspecified atom stereocenters. The van der Waals surface area contributed by atoms with Crippen LogP contribution < -0.4 is 5.32 Å². The van der Waals surface area contributed by atoms with Gasteiger partial charge in [0.2, 0.25) is 11.8 Å². The standard InChI is InChI=1S/C18H20N2O4/c1-10(2)18(17(22)23)9-13(18)15(21)20-14-6-4-5-12(11(14)3)16-19-7-8-24-16/h4-8,10,13H,9H2,1-3H3,(H,20,21)(H,22,23). The maximum absolute atomic E-state index is 12.5. The van der Waals surface area contributed by atoms with Crippen molar-refractivity contribution in [3.63, 3.8) is 0 Å². The van der Waals surface area contributed by atoms with Crippen LogP contribution in [0.4, 0.5) is 5.69 Å². The minimum absolute atomic E-state index is 0.0921. The van der Waals surface area contributed by atoms with E-state index in [9.17, 15) is 14.7 Å². The summed E-state index contributed by atoms with van der Waals surface area (Å²) in [4.78, 5) is 28.2. The summed E-state index contributed by atoms with van der Waals surface area (Å²) in [5.74, 6) is -1.26. The van der Waals surface area contributed by atoms with Crippen LogP contribution in [0, 0.1) is 24.2 Å². The molecule has 24 heavy (non-hydrogen) atoms. The summed E-state index contributed by atoms with van der Waals surface area (Å²) in [5.41, 5.74) is 1.32. The van der Waals surface area contributed by atoms with Crippen molar-refractivity contribution in [3.8, 4) is 11.5 Å². The first-order valence-corrected chi connectivity index (χ1v) is 7.91. The highest BCUT2D eigenvalue weighted by Crippen LogP contribution is 2.58. The number of carboxylic acid groups (broad SMARTS) is 1. The number of hydrogen-bond donors (Lipinski definition) is 2. The third-order valence-corrected chi connectivity index (χ3v) is 5.00. The van der Waals surface area contributed by atoms with E-state index in [4.69, 9.17) is 4.42 Å². The van der Waals surface area contributed by atoms with E-state index in [0.29, 0.717) is 18.0 Å². The SMILES string of the molecule is Cc1c(NC(=O)C2CC2(C(=O)O)C(C)C)cccc1-c1ncco1. The summed E-state index contributed by atoms with van der Waals surface area (Å²) >= 11 is 0. The van der Waals surface area contributed by atoms with Crippen LogP contribution in [-0.4, -0.2) is 22.0 Å². The van der Waals surface area contributed by atoms with Gasteiger partial charge in [0.1, 0.15) is 6.26 Å². The summed E-state index contributed by atoms with van der Waals surface area (Å²) in [6.45, 7) is 5.56. The van der Waals surface area contributed by atoms with E-state index in [1.54, 1.807) is 12.3 Å². The monoisotopic (exact) mass is 328 g/mol. The molecule has 1 aliphatic carbocycles. The Balaban J connectivity index is 1.82. The first-order chi connectivity index (χ1) is 11.4. The van der Waals surface area contributed by atoms with E-state index in [1.165, 1.54) is 6.26 Å². The fourth-order valence-corrected chi connectivity index (χ4v) is 3.31. The quantitative estimate of drug-likeness (QED) is 0.878. The smallest absolute Gasteiger partial charge is 0.310 e. The van der Waals surface area contributed by atoms with Crippen molar-refractivity contribution in [3.05, 3.63) is 36.2 Å². The summed E-state index contributed by atoms with van der Waals surface area (Å²) in [5, 5.41) is 12.3. The average molecular weight is 328 g/mol. The van der Waals surface area contributed by atoms with Gasteiger partial charge in [0.05, 0.1) is 17.5 Å². The Hall–Kier alpha value is -2.63. The molecule has 6 nitrogen and oxygen atoms in total. The molecule has 0 saturated heterocycles. The molecule has 1 aromatic heterocycles. The molecule has 1 fully saturated rings. The Kier molecular flexibility index (Phi) is 3.91. The molecule has 1 aliphatic rings. The van der Waals surface area contributed by atoms with Gasteiger partial charge in [-0.3, -0.25) is 9.59 Å². The fraction of sp³-hybridized carbons (Fsp3) is 0.389. The highest BCUT2D eigenvalue weighted by Gasteiger charge is 2.65. The maximum atomic E-state index is 12.5. The minimum Gasteiger partial charge on any atom is -0.481 e. The van der Waals surface area contributed by atoms with Crippen molar-refractivity contribution in [2.75, 3.05) is 5.32 Å². The number of nitrogens with zero attached hydrogens (tertiary/aromatic N) is 1. The number of amides is 1. The highest BCUT2D eigenvalue weighted by molar-refractivity contribution is 6.01. The summed E-state index contributed by atoms with van der Waals surface area (Å²) in [6.07, 6.45) is 3.44. The van der Waals surface area contributed by atoms with Crippen LogP contribution in [0.1, 0.15) is 25.8 Å². The summed E-state index contributed by atoms with van der Waals surface area (Å²) < 4.78 is 5.31. The zero-order chi connectivity index (χ0) is 17.5. The van der Waals surface area contributed by atoms with Crippen LogP contribution >= 0.6 is 0 Å². The number of benzene rings is 1. The van der Waals surface area contributed by atoms with Gasteiger partial charge in [0, 0.05) is 11.3 Å². The number of carboxylic acids is 1. The normalized spacial score (nSPS) is 22.4. The molecule has 0 radical (unpaired) electrons. The van der Waals surface area contributed by atoms with Gasteiger partial charge >= 0.3 is 5.97 Å².